The number of aliphatic imine (C=N–C) groups is 1. The molecular formula is C16H26N2. The largest absolute Gasteiger partial charge is 0.398 e. The first-order valence-electron chi connectivity index (χ1n) is 7.15. The molecule has 1 aromatic rings. The summed E-state index contributed by atoms with van der Waals surface area (Å²) in [7, 11) is 0. The first kappa shape index (κ1) is 14.7. The Hall–Kier alpha value is -1.31. The highest BCUT2D eigenvalue weighted by atomic mass is 14.7. The number of rotatable bonds is 6. The number of nitrogens with zero attached hydrogens (tertiary/aromatic N) is 1. The van der Waals surface area contributed by atoms with Crippen molar-refractivity contribution in [2.45, 2.75) is 59.8 Å². The van der Waals surface area contributed by atoms with Crippen molar-refractivity contribution in [3.63, 3.8) is 0 Å². The van der Waals surface area contributed by atoms with Gasteiger partial charge in [-0.25, -0.2) is 0 Å². The lowest BCUT2D eigenvalue weighted by molar-refractivity contribution is 1.00. The highest BCUT2D eigenvalue weighted by molar-refractivity contribution is 5.73. The van der Waals surface area contributed by atoms with Crippen LogP contribution in [0.25, 0.3) is 0 Å². The summed E-state index contributed by atoms with van der Waals surface area (Å²) in [6.07, 6.45) is 7.14. The molecule has 1 aromatic carbocycles. The molecule has 0 aliphatic rings. The third-order valence-electron chi connectivity index (χ3n) is 3.36. The molecule has 0 unspecified atom stereocenters. The van der Waals surface area contributed by atoms with E-state index in [-0.39, 0.29) is 0 Å². The van der Waals surface area contributed by atoms with Crippen molar-refractivity contribution in [1.29, 1.82) is 0 Å². The van der Waals surface area contributed by atoms with E-state index >= 15 is 0 Å². The lowest BCUT2D eigenvalue weighted by Crippen LogP contribution is -2.02. The van der Waals surface area contributed by atoms with Gasteiger partial charge >= 0.3 is 0 Å². The van der Waals surface area contributed by atoms with Gasteiger partial charge in [-0.15, -0.1) is 0 Å². The molecule has 2 nitrogen and oxygen atoms in total. The molecule has 2 heteroatoms. The normalized spacial score (nSPS) is 11.3. The van der Waals surface area contributed by atoms with Crippen molar-refractivity contribution >= 4 is 17.6 Å². The second-order valence-electron chi connectivity index (χ2n) is 4.60. The van der Waals surface area contributed by atoms with Crippen molar-refractivity contribution < 1.29 is 0 Å². The molecule has 0 bridgehead atoms. The molecule has 0 atom stereocenters. The van der Waals surface area contributed by atoms with E-state index in [2.05, 4.69) is 38.8 Å². The van der Waals surface area contributed by atoms with Crippen LogP contribution in [0.2, 0.25) is 0 Å². The zero-order chi connectivity index (χ0) is 13.5. The zero-order valence-electron chi connectivity index (χ0n) is 12.2. The minimum Gasteiger partial charge on any atom is -0.398 e. The summed E-state index contributed by atoms with van der Waals surface area (Å²) >= 11 is 0. The predicted octanol–water partition coefficient (Wildman–Crippen LogP) is 4.46. The standard InChI is InChI=1S/C16H26N2/c1-5-9-10-18-16-13(7-3)11-12(6-2)15(17)14(16)8-4/h10-11H,5-9,17H2,1-4H3. The minimum atomic E-state index is 0.945. The highest BCUT2D eigenvalue weighted by Gasteiger charge is 2.12. The van der Waals surface area contributed by atoms with Crippen LogP contribution < -0.4 is 5.73 Å². The molecule has 0 fully saturated rings. The smallest absolute Gasteiger partial charge is 0.0710 e. The number of unbranched alkanes of at least 4 members (excludes halogenated alkanes) is 1. The van der Waals surface area contributed by atoms with E-state index in [4.69, 9.17) is 5.73 Å². The average molecular weight is 246 g/mol. The van der Waals surface area contributed by atoms with Crippen molar-refractivity contribution in [3.8, 4) is 0 Å². The van der Waals surface area contributed by atoms with Crippen LogP contribution in [0, 0.1) is 0 Å². The topological polar surface area (TPSA) is 38.4 Å². The minimum absolute atomic E-state index is 0.945. The Morgan fingerprint density at radius 2 is 1.72 bits per heavy atom. The van der Waals surface area contributed by atoms with Crippen LogP contribution >= 0.6 is 0 Å². The molecule has 0 aliphatic carbocycles. The van der Waals surface area contributed by atoms with Gasteiger partial charge in [0.1, 0.15) is 0 Å². The number of hydrogen-bond donors (Lipinski definition) is 1. The molecule has 0 spiro atoms. The van der Waals surface area contributed by atoms with Gasteiger partial charge in [0.25, 0.3) is 0 Å². The summed E-state index contributed by atoms with van der Waals surface area (Å²) in [6.45, 7) is 8.67. The quantitative estimate of drug-likeness (QED) is 0.584. The van der Waals surface area contributed by atoms with E-state index in [1.807, 2.05) is 6.21 Å². The number of aryl methyl sites for hydroxylation is 2. The Morgan fingerprint density at radius 3 is 2.22 bits per heavy atom. The van der Waals surface area contributed by atoms with E-state index < -0.39 is 0 Å². The van der Waals surface area contributed by atoms with Gasteiger partial charge in [0.2, 0.25) is 0 Å². The van der Waals surface area contributed by atoms with Gasteiger partial charge in [-0.2, -0.15) is 0 Å². The first-order valence-corrected chi connectivity index (χ1v) is 7.15. The molecule has 1 rings (SSSR count). The Bertz CT molecular complexity index is 420. The summed E-state index contributed by atoms with van der Waals surface area (Å²) in [6, 6.07) is 2.23. The summed E-state index contributed by atoms with van der Waals surface area (Å²) in [5.41, 5.74) is 12.1. The van der Waals surface area contributed by atoms with Crippen molar-refractivity contribution in [1.82, 2.24) is 0 Å². The van der Waals surface area contributed by atoms with Crippen LogP contribution in [-0.4, -0.2) is 6.21 Å². The Labute approximate surface area is 111 Å². The second-order valence-corrected chi connectivity index (χ2v) is 4.60. The van der Waals surface area contributed by atoms with Crippen LogP contribution in [-0.2, 0) is 19.3 Å². The van der Waals surface area contributed by atoms with Gasteiger partial charge < -0.3 is 5.73 Å². The fourth-order valence-corrected chi connectivity index (χ4v) is 2.24. The first-order chi connectivity index (χ1) is 8.69. The molecule has 2 N–H and O–H groups in total. The van der Waals surface area contributed by atoms with Gasteiger partial charge in [-0.1, -0.05) is 40.2 Å². The van der Waals surface area contributed by atoms with Gasteiger partial charge in [0, 0.05) is 17.5 Å². The lowest BCUT2D eigenvalue weighted by Gasteiger charge is -2.15. The maximum atomic E-state index is 6.26. The van der Waals surface area contributed by atoms with E-state index in [0.29, 0.717) is 0 Å². The van der Waals surface area contributed by atoms with Crippen LogP contribution in [0.4, 0.5) is 11.4 Å². The van der Waals surface area contributed by atoms with Crippen molar-refractivity contribution in [3.05, 3.63) is 22.8 Å². The monoisotopic (exact) mass is 246 g/mol. The van der Waals surface area contributed by atoms with E-state index in [1.165, 1.54) is 16.7 Å². The molecule has 0 aromatic heterocycles. The molecule has 0 saturated carbocycles. The van der Waals surface area contributed by atoms with Gasteiger partial charge in [0.15, 0.2) is 0 Å². The van der Waals surface area contributed by atoms with E-state index in [0.717, 1.165) is 43.5 Å². The Morgan fingerprint density at radius 1 is 1.06 bits per heavy atom. The maximum Gasteiger partial charge on any atom is 0.0710 e. The number of nitrogens with two attached hydrogens (primary N) is 1. The Kier molecular flexibility index (Phi) is 5.90. The van der Waals surface area contributed by atoms with Crippen LogP contribution in [0.5, 0.6) is 0 Å². The molecule has 0 amide bonds. The third-order valence-corrected chi connectivity index (χ3v) is 3.36. The molecule has 0 aliphatic heterocycles. The van der Waals surface area contributed by atoms with E-state index in [9.17, 15) is 0 Å². The van der Waals surface area contributed by atoms with Gasteiger partial charge in [-0.05, 0) is 36.8 Å². The maximum absolute atomic E-state index is 6.26. The van der Waals surface area contributed by atoms with Gasteiger partial charge in [0.05, 0.1) is 5.69 Å². The zero-order valence-corrected chi connectivity index (χ0v) is 12.2. The molecule has 0 heterocycles. The number of anilines is 1. The summed E-state index contributed by atoms with van der Waals surface area (Å²) in [4.78, 5) is 4.67. The SMILES string of the molecule is CCCC=Nc1c(CC)cc(CC)c(N)c1CC. The average Bonchev–Trinajstić information content (AvgIpc) is 2.39. The Balaban J connectivity index is 3.32. The summed E-state index contributed by atoms with van der Waals surface area (Å²) in [5, 5.41) is 0. The lowest BCUT2D eigenvalue weighted by atomic mass is 9.95. The molecule has 0 saturated heterocycles. The van der Waals surface area contributed by atoms with E-state index in [1.54, 1.807) is 0 Å². The van der Waals surface area contributed by atoms with Crippen molar-refractivity contribution in [2.75, 3.05) is 5.73 Å². The van der Waals surface area contributed by atoms with Crippen LogP contribution in [0.15, 0.2) is 11.1 Å². The number of nitrogen functional groups attached to an aromatic ring is 1. The highest BCUT2D eigenvalue weighted by Crippen LogP contribution is 2.33. The number of benzene rings is 1. The summed E-state index contributed by atoms with van der Waals surface area (Å²) in [5.74, 6) is 0. The molecule has 18 heavy (non-hydrogen) atoms. The second kappa shape index (κ2) is 7.20. The van der Waals surface area contributed by atoms with Crippen molar-refractivity contribution in [2.24, 2.45) is 4.99 Å². The predicted molar refractivity (Wildman–Crippen MR) is 82.0 cm³/mol. The van der Waals surface area contributed by atoms with Crippen LogP contribution in [0.1, 0.15) is 57.2 Å². The molecule has 100 valence electrons. The van der Waals surface area contributed by atoms with Crippen LogP contribution in [0.3, 0.4) is 0 Å². The fourth-order valence-electron chi connectivity index (χ4n) is 2.24. The fraction of sp³-hybridized carbons (Fsp3) is 0.562. The third kappa shape index (κ3) is 3.12. The number of hydrogen-bond acceptors (Lipinski definition) is 2. The molecule has 0 radical (unpaired) electrons. The molecular weight excluding hydrogens is 220 g/mol. The summed E-state index contributed by atoms with van der Waals surface area (Å²) < 4.78 is 0. The van der Waals surface area contributed by atoms with Gasteiger partial charge in [-0.3, -0.25) is 4.99 Å².